The standard InChI is InChI=1S/C13H18FNO/c1-10-2-3-11(8-13(10)14)9-15-6-4-12(16)5-7-15/h2-3,8,12,16H,4-7,9H2,1H3. The van der Waals surface area contributed by atoms with Gasteiger partial charge < -0.3 is 5.11 Å². The van der Waals surface area contributed by atoms with E-state index in [1.807, 2.05) is 12.1 Å². The van der Waals surface area contributed by atoms with Gasteiger partial charge in [0.25, 0.3) is 0 Å². The number of benzene rings is 1. The molecule has 0 aliphatic carbocycles. The maximum atomic E-state index is 13.3. The Hall–Kier alpha value is -0.930. The van der Waals surface area contributed by atoms with Crippen molar-refractivity contribution in [3.63, 3.8) is 0 Å². The molecule has 1 heterocycles. The van der Waals surface area contributed by atoms with Crippen LogP contribution in [0, 0.1) is 12.7 Å². The quantitative estimate of drug-likeness (QED) is 0.830. The Kier molecular flexibility index (Phi) is 3.56. The molecule has 0 bridgehead atoms. The molecular weight excluding hydrogens is 205 g/mol. The first kappa shape index (κ1) is 11.6. The highest BCUT2D eigenvalue weighted by atomic mass is 19.1. The molecule has 0 spiro atoms. The largest absolute Gasteiger partial charge is 0.393 e. The van der Waals surface area contributed by atoms with Crippen molar-refractivity contribution < 1.29 is 9.50 Å². The second-order valence-corrected chi connectivity index (χ2v) is 4.59. The van der Waals surface area contributed by atoms with Gasteiger partial charge in [0.1, 0.15) is 5.82 Å². The van der Waals surface area contributed by atoms with Crippen molar-refractivity contribution >= 4 is 0 Å². The number of aliphatic hydroxyl groups excluding tert-OH is 1. The topological polar surface area (TPSA) is 23.5 Å². The van der Waals surface area contributed by atoms with Gasteiger partial charge in [-0.3, -0.25) is 4.90 Å². The Morgan fingerprint density at radius 3 is 2.69 bits per heavy atom. The first-order valence-electron chi connectivity index (χ1n) is 5.80. The van der Waals surface area contributed by atoms with Crippen LogP contribution in [-0.4, -0.2) is 29.2 Å². The summed E-state index contributed by atoms with van der Waals surface area (Å²) in [5.74, 6) is -0.130. The number of likely N-dealkylation sites (tertiary alicyclic amines) is 1. The molecule has 2 nitrogen and oxygen atoms in total. The van der Waals surface area contributed by atoms with Gasteiger partial charge in [-0.2, -0.15) is 0 Å². The zero-order valence-electron chi connectivity index (χ0n) is 9.62. The maximum absolute atomic E-state index is 13.3. The lowest BCUT2D eigenvalue weighted by atomic mass is 10.1. The van der Waals surface area contributed by atoms with Crippen molar-refractivity contribution in [2.75, 3.05) is 13.1 Å². The highest BCUT2D eigenvalue weighted by Crippen LogP contribution is 2.15. The smallest absolute Gasteiger partial charge is 0.126 e. The summed E-state index contributed by atoms with van der Waals surface area (Å²) < 4.78 is 13.3. The number of hydrogen-bond donors (Lipinski definition) is 1. The van der Waals surface area contributed by atoms with Crippen LogP contribution in [0.4, 0.5) is 4.39 Å². The number of aliphatic hydroxyl groups is 1. The summed E-state index contributed by atoms with van der Waals surface area (Å²) in [4.78, 5) is 2.26. The van der Waals surface area contributed by atoms with E-state index < -0.39 is 0 Å². The summed E-state index contributed by atoms with van der Waals surface area (Å²) in [6.07, 6.45) is 1.51. The van der Waals surface area contributed by atoms with Gasteiger partial charge >= 0.3 is 0 Å². The molecule has 16 heavy (non-hydrogen) atoms. The number of nitrogens with zero attached hydrogens (tertiary/aromatic N) is 1. The van der Waals surface area contributed by atoms with Crippen LogP contribution in [0.3, 0.4) is 0 Å². The third-order valence-corrected chi connectivity index (χ3v) is 3.20. The van der Waals surface area contributed by atoms with Crippen molar-refractivity contribution in [3.05, 3.63) is 35.1 Å². The minimum atomic E-state index is -0.147. The second kappa shape index (κ2) is 4.93. The van der Waals surface area contributed by atoms with Crippen molar-refractivity contribution in [2.45, 2.75) is 32.4 Å². The van der Waals surface area contributed by atoms with Crippen LogP contribution in [0.1, 0.15) is 24.0 Å². The molecule has 2 rings (SSSR count). The average molecular weight is 223 g/mol. The highest BCUT2D eigenvalue weighted by molar-refractivity contribution is 5.23. The van der Waals surface area contributed by atoms with E-state index in [1.165, 1.54) is 0 Å². The van der Waals surface area contributed by atoms with Gasteiger partial charge in [-0.1, -0.05) is 12.1 Å². The fourth-order valence-corrected chi connectivity index (χ4v) is 2.07. The van der Waals surface area contributed by atoms with Gasteiger partial charge in [0.2, 0.25) is 0 Å². The summed E-state index contributed by atoms with van der Waals surface area (Å²) in [6, 6.07) is 5.41. The predicted octanol–water partition coefficient (Wildman–Crippen LogP) is 2.09. The van der Waals surface area contributed by atoms with Gasteiger partial charge in [-0.05, 0) is 37.0 Å². The van der Waals surface area contributed by atoms with Crippen molar-refractivity contribution in [2.24, 2.45) is 0 Å². The molecule has 1 aromatic rings. The zero-order valence-corrected chi connectivity index (χ0v) is 9.62. The minimum absolute atomic E-state index is 0.130. The second-order valence-electron chi connectivity index (χ2n) is 4.59. The van der Waals surface area contributed by atoms with Gasteiger partial charge in [-0.15, -0.1) is 0 Å². The number of rotatable bonds is 2. The third-order valence-electron chi connectivity index (χ3n) is 3.20. The maximum Gasteiger partial charge on any atom is 0.126 e. The van der Waals surface area contributed by atoms with E-state index in [9.17, 15) is 9.50 Å². The van der Waals surface area contributed by atoms with Gasteiger partial charge in [0.15, 0.2) is 0 Å². The summed E-state index contributed by atoms with van der Waals surface area (Å²) in [5, 5.41) is 9.39. The van der Waals surface area contributed by atoms with E-state index >= 15 is 0 Å². The molecule has 3 heteroatoms. The summed E-state index contributed by atoms with van der Waals surface area (Å²) >= 11 is 0. The minimum Gasteiger partial charge on any atom is -0.393 e. The molecule has 1 aromatic carbocycles. The molecule has 0 saturated carbocycles. The average Bonchev–Trinajstić information content (AvgIpc) is 2.27. The number of hydrogen-bond acceptors (Lipinski definition) is 2. The Morgan fingerprint density at radius 2 is 2.06 bits per heavy atom. The van der Waals surface area contributed by atoms with Crippen molar-refractivity contribution in [1.29, 1.82) is 0 Å². The molecule has 88 valence electrons. The molecule has 0 unspecified atom stereocenters. The van der Waals surface area contributed by atoms with Crippen molar-refractivity contribution in [3.8, 4) is 0 Å². The lowest BCUT2D eigenvalue weighted by molar-refractivity contribution is 0.0792. The van der Waals surface area contributed by atoms with E-state index in [4.69, 9.17) is 0 Å². The summed E-state index contributed by atoms with van der Waals surface area (Å²) in [6.45, 7) is 4.35. The Morgan fingerprint density at radius 1 is 1.38 bits per heavy atom. The molecule has 1 aliphatic rings. The van der Waals surface area contributed by atoms with Crippen LogP contribution in [0.2, 0.25) is 0 Å². The molecule has 0 radical (unpaired) electrons. The van der Waals surface area contributed by atoms with Crippen LogP contribution in [-0.2, 0) is 6.54 Å². The Labute approximate surface area is 95.7 Å². The number of halogens is 1. The van der Waals surface area contributed by atoms with E-state index in [1.54, 1.807) is 13.0 Å². The zero-order chi connectivity index (χ0) is 11.5. The summed E-state index contributed by atoms with van der Waals surface area (Å²) in [7, 11) is 0. The Balaban J connectivity index is 1.96. The molecule has 1 N–H and O–H groups in total. The third kappa shape index (κ3) is 2.80. The predicted molar refractivity (Wildman–Crippen MR) is 61.7 cm³/mol. The Bertz CT molecular complexity index is 359. The first-order chi connectivity index (χ1) is 7.65. The molecule has 1 saturated heterocycles. The lowest BCUT2D eigenvalue weighted by Crippen LogP contribution is -2.35. The molecular formula is C13H18FNO. The number of piperidine rings is 1. The van der Waals surface area contributed by atoms with E-state index in [2.05, 4.69) is 4.90 Å². The van der Waals surface area contributed by atoms with E-state index in [-0.39, 0.29) is 11.9 Å². The highest BCUT2D eigenvalue weighted by Gasteiger charge is 2.16. The van der Waals surface area contributed by atoms with E-state index in [0.29, 0.717) is 5.56 Å². The van der Waals surface area contributed by atoms with Gasteiger partial charge in [-0.25, -0.2) is 4.39 Å². The van der Waals surface area contributed by atoms with Gasteiger partial charge in [0, 0.05) is 19.6 Å². The molecule has 1 fully saturated rings. The van der Waals surface area contributed by atoms with Crippen LogP contribution in [0.15, 0.2) is 18.2 Å². The first-order valence-corrected chi connectivity index (χ1v) is 5.80. The lowest BCUT2D eigenvalue weighted by Gasteiger charge is -2.29. The fraction of sp³-hybridized carbons (Fsp3) is 0.538. The molecule has 0 aromatic heterocycles. The normalized spacial score (nSPS) is 18.9. The van der Waals surface area contributed by atoms with Crippen molar-refractivity contribution in [1.82, 2.24) is 4.90 Å². The van der Waals surface area contributed by atoms with Crippen LogP contribution in [0.5, 0.6) is 0 Å². The summed E-state index contributed by atoms with van der Waals surface area (Å²) in [5.41, 5.74) is 1.71. The monoisotopic (exact) mass is 223 g/mol. The van der Waals surface area contributed by atoms with Crippen LogP contribution >= 0.6 is 0 Å². The van der Waals surface area contributed by atoms with Gasteiger partial charge in [0.05, 0.1) is 6.10 Å². The SMILES string of the molecule is Cc1ccc(CN2CCC(O)CC2)cc1F. The molecule has 0 atom stereocenters. The van der Waals surface area contributed by atoms with E-state index in [0.717, 1.165) is 38.0 Å². The van der Waals surface area contributed by atoms with Crippen LogP contribution < -0.4 is 0 Å². The van der Waals surface area contributed by atoms with Crippen LogP contribution in [0.25, 0.3) is 0 Å². The molecule has 0 amide bonds. The fourth-order valence-electron chi connectivity index (χ4n) is 2.07. The number of aryl methyl sites for hydroxylation is 1. The molecule has 1 aliphatic heterocycles.